The number of carbonyl (C=O) groups excluding carboxylic acids is 2. The van der Waals surface area contributed by atoms with E-state index in [1.54, 1.807) is 4.72 Å². The van der Waals surface area contributed by atoms with Gasteiger partial charge in [0.2, 0.25) is 16.1 Å². The van der Waals surface area contributed by atoms with E-state index in [1.807, 2.05) is 0 Å². The molecule has 0 aliphatic carbocycles. The van der Waals surface area contributed by atoms with Gasteiger partial charge in [-0.1, -0.05) is 0 Å². The first kappa shape index (κ1) is 19.9. The van der Waals surface area contributed by atoms with E-state index in [2.05, 4.69) is 9.47 Å². The van der Waals surface area contributed by atoms with Gasteiger partial charge in [0, 0.05) is 0 Å². The van der Waals surface area contributed by atoms with Crippen LogP contribution in [-0.4, -0.2) is 39.6 Å². The second-order valence-electron chi connectivity index (χ2n) is 4.23. The van der Waals surface area contributed by atoms with Gasteiger partial charge in [0.05, 0.1) is 13.2 Å². The highest BCUT2D eigenvalue weighted by Crippen LogP contribution is 2.20. The summed E-state index contributed by atoms with van der Waals surface area (Å²) in [5.41, 5.74) is 0. The molecule has 7 nitrogen and oxygen atoms in total. The summed E-state index contributed by atoms with van der Waals surface area (Å²) in [6.07, 6.45) is 0. The maximum atomic E-state index is 13.6. The van der Waals surface area contributed by atoms with Gasteiger partial charge in [0.1, 0.15) is 4.90 Å². The molecule has 1 N–H and O–H groups in total. The second kappa shape index (κ2) is 8.11. The molecule has 0 saturated heterocycles. The van der Waals surface area contributed by atoms with Gasteiger partial charge < -0.3 is 9.47 Å². The molecule has 0 amide bonds. The van der Waals surface area contributed by atoms with E-state index in [-0.39, 0.29) is 13.2 Å². The summed E-state index contributed by atoms with van der Waals surface area (Å²) in [7, 11) is -4.89. The zero-order chi connectivity index (χ0) is 18.5. The normalized spacial score (nSPS) is 11.4. The minimum Gasteiger partial charge on any atom is -0.464 e. The largest absolute Gasteiger partial charge is 0.464 e. The van der Waals surface area contributed by atoms with Crippen LogP contribution < -0.4 is 4.72 Å². The summed E-state index contributed by atoms with van der Waals surface area (Å²) in [6.45, 7) is 2.47. The van der Waals surface area contributed by atoms with Crippen molar-refractivity contribution < 1.29 is 40.7 Å². The molecule has 1 aromatic carbocycles. The highest BCUT2D eigenvalue weighted by Gasteiger charge is 2.36. The van der Waals surface area contributed by atoms with Gasteiger partial charge in [-0.2, -0.15) is 4.72 Å². The zero-order valence-corrected chi connectivity index (χ0v) is 13.5. The molecule has 0 aliphatic rings. The second-order valence-corrected chi connectivity index (χ2v) is 5.91. The molecular formula is C13H14F3NO6S. The van der Waals surface area contributed by atoms with Crippen LogP contribution >= 0.6 is 0 Å². The molecule has 0 fully saturated rings. The number of sulfonamides is 1. The summed E-state index contributed by atoms with van der Waals surface area (Å²) >= 11 is 0. The average Bonchev–Trinajstić information content (AvgIpc) is 2.50. The van der Waals surface area contributed by atoms with E-state index in [0.29, 0.717) is 12.1 Å². The number of hydrogen-bond donors (Lipinski definition) is 1. The Kier molecular flexibility index (Phi) is 6.72. The Balaban J connectivity index is 3.23. The SMILES string of the molecule is CCOC(=O)C(NS(=O)(=O)c1ccc(F)c(F)c1F)C(=O)OCC. The predicted octanol–water partition coefficient (Wildman–Crippen LogP) is 0.877. The molecule has 0 atom stereocenters. The van der Waals surface area contributed by atoms with Crippen molar-refractivity contribution in [3.05, 3.63) is 29.6 Å². The quantitative estimate of drug-likeness (QED) is 0.435. The minimum atomic E-state index is -4.89. The topological polar surface area (TPSA) is 98.8 Å². The first-order valence-electron chi connectivity index (χ1n) is 6.64. The van der Waals surface area contributed by atoms with Gasteiger partial charge in [-0.3, -0.25) is 0 Å². The van der Waals surface area contributed by atoms with Crippen LogP contribution in [0, 0.1) is 17.5 Å². The van der Waals surface area contributed by atoms with Crippen molar-refractivity contribution >= 4 is 22.0 Å². The lowest BCUT2D eigenvalue weighted by atomic mass is 10.3. The minimum absolute atomic E-state index is 0.171. The van der Waals surface area contributed by atoms with Crippen molar-refractivity contribution in [3.63, 3.8) is 0 Å². The van der Waals surface area contributed by atoms with Gasteiger partial charge in [-0.05, 0) is 26.0 Å². The molecule has 24 heavy (non-hydrogen) atoms. The van der Waals surface area contributed by atoms with Gasteiger partial charge in [0.15, 0.2) is 17.5 Å². The van der Waals surface area contributed by atoms with E-state index < -0.39 is 50.4 Å². The molecule has 134 valence electrons. The summed E-state index contributed by atoms with van der Waals surface area (Å²) < 4.78 is 74.5. The smallest absolute Gasteiger partial charge is 0.335 e. The Morgan fingerprint density at radius 3 is 2.00 bits per heavy atom. The maximum absolute atomic E-state index is 13.6. The Morgan fingerprint density at radius 1 is 1.04 bits per heavy atom. The van der Waals surface area contributed by atoms with E-state index in [4.69, 9.17) is 0 Å². The molecule has 0 saturated carbocycles. The van der Waals surface area contributed by atoms with Crippen LogP contribution in [0.25, 0.3) is 0 Å². The van der Waals surface area contributed by atoms with Crippen LogP contribution in [-0.2, 0) is 29.1 Å². The molecule has 0 unspecified atom stereocenters. The van der Waals surface area contributed by atoms with Crippen molar-refractivity contribution in [2.45, 2.75) is 24.8 Å². The van der Waals surface area contributed by atoms with Gasteiger partial charge in [-0.25, -0.2) is 31.2 Å². The van der Waals surface area contributed by atoms with E-state index in [1.165, 1.54) is 13.8 Å². The number of benzene rings is 1. The van der Waals surface area contributed by atoms with Crippen LogP contribution in [0.5, 0.6) is 0 Å². The fourth-order valence-corrected chi connectivity index (χ4v) is 2.78. The van der Waals surface area contributed by atoms with Crippen LogP contribution in [0.15, 0.2) is 17.0 Å². The molecule has 1 rings (SSSR count). The standard InChI is InChI=1S/C13H14F3NO6S/c1-3-22-12(18)11(13(19)23-4-2)17-24(20,21)8-6-5-7(14)9(15)10(8)16/h5-6,11,17H,3-4H2,1-2H3. The van der Waals surface area contributed by atoms with Crippen LogP contribution in [0.1, 0.15) is 13.8 Å². The fourth-order valence-electron chi connectivity index (χ4n) is 1.58. The first-order valence-corrected chi connectivity index (χ1v) is 8.13. The molecule has 0 bridgehead atoms. The molecule has 0 aliphatic heterocycles. The summed E-state index contributed by atoms with van der Waals surface area (Å²) in [5, 5.41) is 0. The molecule has 11 heteroatoms. The molecule has 0 radical (unpaired) electrons. The number of rotatable bonds is 7. The van der Waals surface area contributed by atoms with Crippen molar-refractivity contribution in [1.82, 2.24) is 4.72 Å². The Hall–Kier alpha value is -2.14. The number of nitrogens with one attached hydrogen (secondary N) is 1. The van der Waals surface area contributed by atoms with Crippen molar-refractivity contribution in [2.75, 3.05) is 13.2 Å². The Morgan fingerprint density at radius 2 is 1.54 bits per heavy atom. The number of hydrogen-bond acceptors (Lipinski definition) is 6. The molecular weight excluding hydrogens is 355 g/mol. The predicted molar refractivity (Wildman–Crippen MR) is 73.7 cm³/mol. The molecule has 0 heterocycles. The highest BCUT2D eigenvalue weighted by molar-refractivity contribution is 7.89. The van der Waals surface area contributed by atoms with Crippen LogP contribution in [0.4, 0.5) is 13.2 Å². The maximum Gasteiger partial charge on any atom is 0.335 e. The summed E-state index contributed by atoms with van der Waals surface area (Å²) in [6, 6.07) is -1.29. The van der Waals surface area contributed by atoms with Gasteiger partial charge >= 0.3 is 11.9 Å². The lowest BCUT2D eigenvalue weighted by molar-refractivity contribution is -0.157. The number of carbonyl (C=O) groups is 2. The third-order valence-electron chi connectivity index (χ3n) is 2.61. The van der Waals surface area contributed by atoms with E-state index in [9.17, 15) is 31.2 Å². The lowest BCUT2D eigenvalue weighted by Gasteiger charge is -2.16. The Bertz CT molecular complexity index is 719. The third-order valence-corrected chi connectivity index (χ3v) is 4.05. The van der Waals surface area contributed by atoms with Crippen LogP contribution in [0.3, 0.4) is 0 Å². The van der Waals surface area contributed by atoms with Crippen LogP contribution in [0.2, 0.25) is 0 Å². The van der Waals surface area contributed by atoms with Gasteiger partial charge in [0.25, 0.3) is 0 Å². The average molecular weight is 369 g/mol. The molecule has 1 aromatic rings. The fraction of sp³-hybridized carbons (Fsp3) is 0.385. The highest BCUT2D eigenvalue weighted by atomic mass is 32.2. The summed E-state index contributed by atoms with van der Waals surface area (Å²) in [4.78, 5) is 22.1. The van der Waals surface area contributed by atoms with Gasteiger partial charge in [-0.15, -0.1) is 0 Å². The Labute approximate surface area is 135 Å². The van der Waals surface area contributed by atoms with E-state index >= 15 is 0 Å². The number of esters is 2. The van der Waals surface area contributed by atoms with E-state index in [0.717, 1.165) is 0 Å². The molecule has 0 spiro atoms. The molecule has 0 aromatic heterocycles. The monoisotopic (exact) mass is 369 g/mol. The van der Waals surface area contributed by atoms with Crippen molar-refractivity contribution in [3.8, 4) is 0 Å². The van der Waals surface area contributed by atoms with Crippen molar-refractivity contribution in [2.24, 2.45) is 0 Å². The number of halogens is 3. The lowest BCUT2D eigenvalue weighted by Crippen LogP contribution is -2.48. The number of ether oxygens (including phenoxy) is 2. The third kappa shape index (κ3) is 4.45. The zero-order valence-electron chi connectivity index (χ0n) is 12.6. The first-order chi connectivity index (χ1) is 11.2. The van der Waals surface area contributed by atoms with Crippen molar-refractivity contribution in [1.29, 1.82) is 0 Å². The summed E-state index contributed by atoms with van der Waals surface area (Å²) in [5.74, 6) is -8.18.